The Balaban J connectivity index is 1.38. The average Bonchev–Trinajstić information content (AvgIpc) is 2.90. The third-order valence-electron chi connectivity index (χ3n) is 6.24. The maximum Gasteiger partial charge on any atom is 0.321 e. The summed E-state index contributed by atoms with van der Waals surface area (Å²) >= 11 is 0. The van der Waals surface area contributed by atoms with Crippen LogP contribution in [0.25, 0.3) is 11.1 Å². The van der Waals surface area contributed by atoms with Crippen LogP contribution in [0.1, 0.15) is 24.0 Å². The van der Waals surface area contributed by atoms with Crippen LogP contribution in [0.2, 0.25) is 0 Å². The second kappa shape index (κ2) is 10.7. The van der Waals surface area contributed by atoms with E-state index in [1.165, 1.54) is 0 Å². The number of piperidine rings is 1. The minimum absolute atomic E-state index is 0.295. The van der Waals surface area contributed by atoms with Gasteiger partial charge < -0.3 is 15.0 Å². The van der Waals surface area contributed by atoms with Gasteiger partial charge in [-0.1, -0.05) is 48.5 Å². The lowest BCUT2D eigenvalue weighted by atomic mass is 10.0. The number of hydrogen-bond acceptors (Lipinski definition) is 5. The fourth-order valence-electron chi connectivity index (χ4n) is 4.24. The summed E-state index contributed by atoms with van der Waals surface area (Å²) in [7, 11) is -1.86. The molecule has 0 spiro atoms. The lowest BCUT2D eigenvalue weighted by Crippen LogP contribution is -2.44. The van der Waals surface area contributed by atoms with E-state index < -0.39 is 15.1 Å². The van der Waals surface area contributed by atoms with Crippen LogP contribution >= 0.6 is 0 Å². The minimum atomic E-state index is -3.51. The molecule has 4 rings (SSSR count). The number of anilines is 1. The number of para-hydroxylation sites is 1. The number of nitrogens with zero attached hydrogens (tertiary/aromatic N) is 2. The Kier molecular flexibility index (Phi) is 7.49. The van der Waals surface area contributed by atoms with Crippen LogP contribution in [-0.2, 0) is 21.2 Å². The zero-order valence-electron chi connectivity index (χ0n) is 19.5. The van der Waals surface area contributed by atoms with Crippen molar-refractivity contribution >= 4 is 21.6 Å². The topological polar surface area (TPSA) is 99.5 Å². The largest absolute Gasteiger partial charge is 0.380 e. The maximum absolute atomic E-state index is 13.2. The van der Waals surface area contributed by atoms with Gasteiger partial charge in [-0.3, -0.25) is 0 Å². The molecule has 35 heavy (non-hydrogen) atoms. The molecule has 0 atom stereocenters. The van der Waals surface area contributed by atoms with Crippen LogP contribution in [0.4, 0.5) is 10.5 Å². The van der Waals surface area contributed by atoms with Crippen molar-refractivity contribution in [3.05, 3.63) is 83.9 Å². The number of hydrogen-bond donors (Lipinski definition) is 1. The lowest BCUT2D eigenvalue weighted by molar-refractivity contribution is 0.185. The summed E-state index contributed by atoms with van der Waals surface area (Å²) in [6, 6.07) is 23.5. The van der Waals surface area contributed by atoms with Gasteiger partial charge in [-0.2, -0.15) is 5.26 Å². The highest BCUT2D eigenvalue weighted by atomic mass is 32.2. The number of benzene rings is 3. The van der Waals surface area contributed by atoms with E-state index in [2.05, 4.69) is 11.4 Å². The number of likely N-dealkylation sites (tertiary alicyclic amines) is 1. The van der Waals surface area contributed by atoms with E-state index >= 15 is 0 Å². The molecule has 3 aromatic rings. The van der Waals surface area contributed by atoms with Crippen LogP contribution in [-0.4, -0.2) is 44.8 Å². The first-order valence-corrected chi connectivity index (χ1v) is 12.9. The molecule has 2 amide bonds. The lowest BCUT2D eigenvalue weighted by Gasteiger charge is -2.31. The van der Waals surface area contributed by atoms with Crippen LogP contribution in [0.5, 0.6) is 0 Å². The Hall–Kier alpha value is -3.67. The Morgan fingerprint density at radius 2 is 1.60 bits per heavy atom. The van der Waals surface area contributed by atoms with Crippen molar-refractivity contribution in [2.45, 2.75) is 29.6 Å². The predicted molar refractivity (Wildman–Crippen MR) is 135 cm³/mol. The molecule has 8 heteroatoms. The number of methoxy groups -OCH3 is 1. The number of carbonyl (C=O) groups is 1. The Morgan fingerprint density at radius 3 is 2.20 bits per heavy atom. The molecule has 1 aliphatic rings. The van der Waals surface area contributed by atoms with E-state index in [-0.39, 0.29) is 6.03 Å². The maximum atomic E-state index is 13.2. The molecule has 7 nitrogen and oxygen atoms in total. The van der Waals surface area contributed by atoms with E-state index in [1.54, 1.807) is 48.4 Å². The zero-order chi connectivity index (χ0) is 24.8. The van der Waals surface area contributed by atoms with E-state index in [1.807, 2.05) is 36.4 Å². The van der Waals surface area contributed by atoms with Crippen molar-refractivity contribution in [2.75, 3.05) is 25.5 Å². The Labute approximate surface area is 205 Å². The molecule has 0 radical (unpaired) electrons. The molecule has 0 bridgehead atoms. The molecule has 1 heterocycles. The molecule has 0 unspecified atom stereocenters. The number of urea groups is 1. The molecule has 180 valence electrons. The molecule has 1 N–H and O–H groups in total. The predicted octanol–water partition coefficient (Wildman–Crippen LogP) is 4.84. The normalized spacial score (nSPS) is 14.3. The molecule has 1 fully saturated rings. The summed E-state index contributed by atoms with van der Waals surface area (Å²) < 4.78 is 31.6. The third-order valence-corrected chi connectivity index (χ3v) is 8.52. The van der Waals surface area contributed by atoms with E-state index in [9.17, 15) is 18.5 Å². The number of nitriles is 1. The standard InChI is InChI=1S/C27H27N3O4S/c1-34-19-20-6-8-21(9-7-20)22-10-12-24(13-11-22)35(32,33)25-14-16-30(17-15-25)27(31)29-26-5-3-2-4-23(26)18-28/h2-13,25H,14-17,19H2,1H3,(H,29,31). The second-order valence-corrected chi connectivity index (χ2v) is 10.7. The third kappa shape index (κ3) is 5.53. The smallest absolute Gasteiger partial charge is 0.321 e. The van der Waals surface area contributed by atoms with Gasteiger partial charge in [-0.15, -0.1) is 0 Å². The summed E-state index contributed by atoms with van der Waals surface area (Å²) in [5.74, 6) is 0. The van der Waals surface area contributed by atoms with Crippen molar-refractivity contribution in [1.29, 1.82) is 5.26 Å². The first kappa shape index (κ1) is 24.5. The highest BCUT2D eigenvalue weighted by Gasteiger charge is 2.32. The van der Waals surface area contributed by atoms with Gasteiger partial charge in [0.2, 0.25) is 0 Å². The SMILES string of the molecule is COCc1ccc(-c2ccc(S(=O)(=O)C3CCN(C(=O)Nc4ccccc4C#N)CC3)cc2)cc1. The van der Waals surface area contributed by atoms with Gasteiger partial charge in [0.1, 0.15) is 6.07 Å². The van der Waals surface area contributed by atoms with E-state index in [0.29, 0.717) is 48.7 Å². The van der Waals surface area contributed by atoms with Gasteiger partial charge in [0.15, 0.2) is 9.84 Å². The molecule has 0 aromatic heterocycles. The van der Waals surface area contributed by atoms with Gasteiger partial charge >= 0.3 is 6.03 Å². The van der Waals surface area contributed by atoms with Gasteiger partial charge in [0.25, 0.3) is 0 Å². The summed E-state index contributed by atoms with van der Waals surface area (Å²) in [5, 5.41) is 11.4. The van der Waals surface area contributed by atoms with Crippen LogP contribution < -0.4 is 5.32 Å². The summed E-state index contributed by atoms with van der Waals surface area (Å²) in [5.41, 5.74) is 3.85. The van der Waals surface area contributed by atoms with Crippen molar-refractivity contribution in [2.24, 2.45) is 0 Å². The van der Waals surface area contributed by atoms with Crippen LogP contribution in [0.3, 0.4) is 0 Å². The van der Waals surface area contributed by atoms with Gasteiger partial charge in [-0.25, -0.2) is 13.2 Å². The quantitative estimate of drug-likeness (QED) is 0.534. The van der Waals surface area contributed by atoms with Crippen molar-refractivity contribution in [3.8, 4) is 17.2 Å². The van der Waals surface area contributed by atoms with Gasteiger partial charge in [0.05, 0.1) is 28.0 Å². The zero-order valence-corrected chi connectivity index (χ0v) is 20.3. The molecule has 1 saturated heterocycles. The number of ether oxygens (including phenoxy) is 1. The van der Waals surface area contributed by atoms with Gasteiger partial charge in [-0.05, 0) is 53.8 Å². The Morgan fingerprint density at radius 1 is 1.00 bits per heavy atom. The molecule has 0 saturated carbocycles. The average molecular weight is 490 g/mol. The highest BCUT2D eigenvalue weighted by molar-refractivity contribution is 7.92. The number of sulfone groups is 1. The van der Waals surface area contributed by atoms with Crippen molar-refractivity contribution in [1.82, 2.24) is 4.90 Å². The van der Waals surface area contributed by atoms with E-state index in [4.69, 9.17) is 4.74 Å². The number of nitrogens with one attached hydrogen (secondary N) is 1. The number of rotatable bonds is 6. The Bertz CT molecular complexity index is 1320. The fourth-order valence-corrected chi connectivity index (χ4v) is 5.97. The van der Waals surface area contributed by atoms with Crippen LogP contribution in [0, 0.1) is 11.3 Å². The second-order valence-electron chi connectivity index (χ2n) is 8.47. The molecular weight excluding hydrogens is 462 g/mol. The first-order chi connectivity index (χ1) is 16.9. The van der Waals surface area contributed by atoms with Crippen molar-refractivity contribution in [3.63, 3.8) is 0 Å². The molecule has 3 aromatic carbocycles. The minimum Gasteiger partial charge on any atom is -0.380 e. The van der Waals surface area contributed by atoms with Gasteiger partial charge in [0, 0.05) is 20.2 Å². The number of carbonyl (C=O) groups excluding carboxylic acids is 1. The summed E-state index contributed by atoms with van der Waals surface area (Å²) in [4.78, 5) is 14.5. The molecule has 0 aliphatic carbocycles. The van der Waals surface area contributed by atoms with Crippen LogP contribution in [0.15, 0.2) is 77.7 Å². The monoisotopic (exact) mass is 489 g/mol. The van der Waals surface area contributed by atoms with E-state index in [0.717, 1.165) is 16.7 Å². The summed E-state index contributed by atoms with van der Waals surface area (Å²) in [6.07, 6.45) is 0.719. The summed E-state index contributed by atoms with van der Waals surface area (Å²) in [6.45, 7) is 1.21. The molecule has 1 aliphatic heterocycles. The highest BCUT2D eigenvalue weighted by Crippen LogP contribution is 2.28. The molecular formula is C27H27N3O4S. The number of amides is 2. The van der Waals surface area contributed by atoms with Crippen molar-refractivity contribution < 1.29 is 17.9 Å². The first-order valence-electron chi connectivity index (χ1n) is 11.4. The fraction of sp³-hybridized carbons (Fsp3) is 0.259.